The van der Waals surface area contributed by atoms with E-state index >= 15 is 0 Å². The van der Waals surface area contributed by atoms with Gasteiger partial charge in [-0.25, -0.2) is 4.21 Å². The van der Waals surface area contributed by atoms with Crippen LogP contribution in [-0.4, -0.2) is 19.0 Å². The fourth-order valence-corrected chi connectivity index (χ4v) is 1.88. The summed E-state index contributed by atoms with van der Waals surface area (Å²) in [7, 11) is 0. The van der Waals surface area contributed by atoms with Gasteiger partial charge in [-0.05, 0) is 23.8 Å². The molecule has 2 aromatic rings. The van der Waals surface area contributed by atoms with E-state index in [-0.39, 0.29) is 16.4 Å². The van der Waals surface area contributed by atoms with Crippen molar-refractivity contribution in [2.45, 2.75) is 4.90 Å². The highest BCUT2D eigenvalue weighted by molar-refractivity contribution is 7.79. The van der Waals surface area contributed by atoms with Crippen LogP contribution in [0.1, 0.15) is 0 Å². The van der Waals surface area contributed by atoms with Gasteiger partial charge in [0.1, 0.15) is 0 Å². The number of rotatable bonds is 2. The molecular weight excluding hydrogens is 240 g/mol. The van der Waals surface area contributed by atoms with Crippen molar-refractivity contribution >= 4 is 11.1 Å². The Morgan fingerprint density at radius 2 is 1.59 bits per heavy atom. The highest BCUT2D eigenvalue weighted by Gasteiger charge is 2.08. The third-order valence-electron chi connectivity index (χ3n) is 2.38. The Morgan fingerprint density at radius 1 is 0.941 bits per heavy atom. The molecule has 0 heterocycles. The minimum Gasteiger partial charge on any atom is -0.504 e. The smallest absolute Gasteiger partial charge is 0.186 e. The van der Waals surface area contributed by atoms with E-state index in [0.29, 0.717) is 11.1 Å². The van der Waals surface area contributed by atoms with Gasteiger partial charge >= 0.3 is 0 Å². The largest absolute Gasteiger partial charge is 0.504 e. The quantitative estimate of drug-likeness (QED) is 0.564. The Labute approximate surface area is 100 Å². The number of hydrogen-bond acceptors (Lipinski definition) is 3. The summed E-state index contributed by atoms with van der Waals surface area (Å²) >= 11 is -2.02. The Kier molecular flexibility index (Phi) is 3.12. The van der Waals surface area contributed by atoms with Gasteiger partial charge in [-0.15, -0.1) is 0 Å². The van der Waals surface area contributed by atoms with E-state index in [0.717, 1.165) is 0 Å². The molecule has 5 heteroatoms. The Balaban J connectivity index is 2.47. The van der Waals surface area contributed by atoms with Crippen LogP contribution in [0.3, 0.4) is 0 Å². The topological polar surface area (TPSA) is 77.8 Å². The molecule has 0 bridgehead atoms. The molecule has 0 radical (unpaired) electrons. The van der Waals surface area contributed by atoms with Crippen LogP contribution in [0.5, 0.6) is 11.5 Å². The first-order chi connectivity index (χ1) is 8.09. The maximum absolute atomic E-state index is 10.8. The minimum absolute atomic E-state index is 0.197. The van der Waals surface area contributed by atoms with Crippen LogP contribution in [0.4, 0.5) is 0 Å². The summed E-state index contributed by atoms with van der Waals surface area (Å²) in [5.74, 6) is -0.400. The molecule has 4 nitrogen and oxygen atoms in total. The molecule has 3 N–H and O–H groups in total. The normalized spacial score (nSPS) is 12.3. The van der Waals surface area contributed by atoms with Crippen molar-refractivity contribution in [2.24, 2.45) is 0 Å². The van der Waals surface area contributed by atoms with Crippen molar-refractivity contribution < 1.29 is 19.0 Å². The molecule has 0 spiro atoms. The van der Waals surface area contributed by atoms with E-state index in [4.69, 9.17) is 4.55 Å². The standard InChI is InChI=1S/C12H10O4S/c13-11-3-1-2-10(12(11)14)8-4-6-9(7-5-8)17(15)16/h1-7,13-14H,(H,15,16). The first kappa shape index (κ1) is 11.6. The molecular formula is C12H10O4S. The van der Waals surface area contributed by atoms with Crippen LogP contribution in [-0.2, 0) is 11.1 Å². The first-order valence-electron chi connectivity index (χ1n) is 4.82. The van der Waals surface area contributed by atoms with E-state index in [1.165, 1.54) is 18.2 Å². The summed E-state index contributed by atoms with van der Waals surface area (Å²) in [5, 5.41) is 19.0. The molecule has 0 aromatic heterocycles. The summed E-state index contributed by atoms with van der Waals surface area (Å²) in [6, 6.07) is 10.9. The van der Waals surface area contributed by atoms with Gasteiger partial charge in [0.15, 0.2) is 22.6 Å². The molecule has 0 fully saturated rings. The lowest BCUT2D eigenvalue weighted by Gasteiger charge is -2.06. The van der Waals surface area contributed by atoms with E-state index in [1.807, 2.05) is 0 Å². The van der Waals surface area contributed by atoms with Crippen molar-refractivity contribution in [3.63, 3.8) is 0 Å². The highest BCUT2D eigenvalue weighted by atomic mass is 32.2. The van der Waals surface area contributed by atoms with E-state index in [9.17, 15) is 14.4 Å². The zero-order valence-corrected chi connectivity index (χ0v) is 9.52. The molecule has 1 atom stereocenters. The molecule has 17 heavy (non-hydrogen) atoms. The predicted octanol–water partition coefficient (Wildman–Crippen LogP) is 2.35. The summed E-state index contributed by atoms with van der Waals surface area (Å²) in [5.41, 5.74) is 1.13. The SMILES string of the molecule is O=S(O)c1ccc(-c2cccc(O)c2O)cc1. The lowest BCUT2D eigenvalue weighted by atomic mass is 10.0. The fraction of sp³-hybridized carbons (Fsp3) is 0. The Hall–Kier alpha value is -1.85. The zero-order valence-electron chi connectivity index (χ0n) is 8.70. The summed E-state index contributed by atoms with van der Waals surface area (Å²) in [6.45, 7) is 0. The third-order valence-corrected chi connectivity index (χ3v) is 3.06. The van der Waals surface area contributed by atoms with E-state index in [1.54, 1.807) is 24.3 Å². The summed E-state index contributed by atoms with van der Waals surface area (Å²) in [4.78, 5) is 0.286. The van der Waals surface area contributed by atoms with Crippen molar-refractivity contribution in [1.29, 1.82) is 0 Å². The highest BCUT2D eigenvalue weighted by Crippen LogP contribution is 2.36. The lowest BCUT2D eigenvalue weighted by Crippen LogP contribution is -1.87. The van der Waals surface area contributed by atoms with Gasteiger partial charge in [-0.1, -0.05) is 24.3 Å². The van der Waals surface area contributed by atoms with Crippen molar-refractivity contribution in [3.05, 3.63) is 42.5 Å². The molecule has 0 aliphatic carbocycles. The van der Waals surface area contributed by atoms with Crippen LogP contribution >= 0.6 is 0 Å². The molecule has 0 aliphatic rings. The van der Waals surface area contributed by atoms with Gasteiger partial charge in [-0.2, -0.15) is 0 Å². The second-order valence-corrected chi connectivity index (χ2v) is 4.42. The van der Waals surface area contributed by atoms with Crippen LogP contribution in [0.15, 0.2) is 47.4 Å². The van der Waals surface area contributed by atoms with Gasteiger partial charge < -0.3 is 14.8 Å². The van der Waals surface area contributed by atoms with E-state index < -0.39 is 11.1 Å². The fourth-order valence-electron chi connectivity index (χ4n) is 1.52. The third kappa shape index (κ3) is 2.30. The molecule has 0 saturated carbocycles. The Bertz CT molecular complexity index is 563. The second kappa shape index (κ2) is 4.57. The predicted molar refractivity (Wildman–Crippen MR) is 64.2 cm³/mol. The summed E-state index contributed by atoms with van der Waals surface area (Å²) < 4.78 is 19.7. The summed E-state index contributed by atoms with van der Waals surface area (Å²) in [6.07, 6.45) is 0. The number of aromatic hydroxyl groups is 2. The number of phenolic OH excluding ortho intramolecular Hbond substituents is 2. The molecule has 2 rings (SSSR count). The van der Waals surface area contributed by atoms with Gasteiger partial charge in [0.05, 0.1) is 4.90 Å². The number of para-hydroxylation sites is 1. The Morgan fingerprint density at radius 3 is 2.18 bits per heavy atom. The van der Waals surface area contributed by atoms with Crippen molar-refractivity contribution in [1.82, 2.24) is 0 Å². The van der Waals surface area contributed by atoms with Gasteiger partial charge in [0.25, 0.3) is 0 Å². The maximum atomic E-state index is 10.8. The van der Waals surface area contributed by atoms with Crippen molar-refractivity contribution in [3.8, 4) is 22.6 Å². The molecule has 2 aromatic carbocycles. The maximum Gasteiger partial charge on any atom is 0.186 e. The first-order valence-corrected chi connectivity index (χ1v) is 5.92. The average Bonchev–Trinajstić information content (AvgIpc) is 2.33. The van der Waals surface area contributed by atoms with E-state index in [2.05, 4.69) is 0 Å². The van der Waals surface area contributed by atoms with Gasteiger partial charge in [-0.3, -0.25) is 0 Å². The van der Waals surface area contributed by atoms with Crippen LogP contribution < -0.4 is 0 Å². The molecule has 1 unspecified atom stereocenters. The zero-order chi connectivity index (χ0) is 12.4. The number of hydrogen-bond donors (Lipinski definition) is 3. The van der Waals surface area contributed by atoms with Crippen LogP contribution in [0.2, 0.25) is 0 Å². The molecule has 0 amide bonds. The van der Waals surface area contributed by atoms with Gasteiger partial charge in [0.2, 0.25) is 0 Å². The number of phenols is 2. The second-order valence-electron chi connectivity index (χ2n) is 3.45. The molecule has 0 saturated heterocycles. The molecule has 0 aliphatic heterocycles. The average molecular weight is 250 g/mol. The molecule has 88 valence electrons. The number of benzene rings is 2. The van der Waals surface area contributed by atoms with Crippen molar-refractivity contribution in [2.75, 3.05) is 0 Å². The van der Waals surface area contributed by atoms with Crippen LogP contribution in [0, 0.1) is 0 Å². The van der Waals surface area contributed by atoms with Crippen LogP contribution in [0.25, 0.3) is 11.1 Å². The minimum atomic E-state index is -2.02. The monoisotopic (exact) mass is 250 g/mol. The lowest BCUT2D eigenvalue weighted by molar-refractivity contribution is 0.405. The van der Waals surface area contributed by atoms with Gasteiger partial charge in [0, 0.05) is 5.56 Å².